The molecule has 0 aliphatic rings. The fourth-order valence-corrected chi connectivity index (χ4v) is 1.69. The Hall–Kier alpha value is -1.17. The highest BCUT2D eigenvalue weighted by Gasteiger charge is 2.04. The van der Waals surface area contributed by atoms with Crippen LogP contribution in [-0.2, 0) is 6.61 Å². The number of ether oxygens (including phenoxy) is 1. The van der Waals surface area contributed by atoms with Gasteiger partial charge in [-0.3, -0.25) is 0 Å². The molecule has 0 radical (unpaired) electrons. The molecule has 0 aliphatic carbocycles. The van der Waals surface area contributed by atoms with Gasteiger partial charge in [0.2, 0.25) is 0 Å². The first-order valence-electron chi connectivity index (χ1n) is 4.97. The number of hydrogen-bond donors (Lipinski definition) is 0. The van der Waals surface area contributed by atoms with Crippen LogP contribution in [0.2, 0.25) is 0 Å². The second-order valence-electron chi connectivity index (χ2n) is 3.48. The molecule has 0 saturated carbocycles. The Morgan fingerprint density at radius 2 is 1.71 bits per heavy atom. The van der Waals surface area contributed by atoms with E-state index in [9.17, 15) is 8.78 Å². The van der Waals surface area contributed by atoms with Gasteiger partial charge in [0.05, 0.1) is 0 Å². The van der Waals surface area contributed by atoms with Gasteiger partial charge in [-0.2, -0.15) is 0 Å². The summed E-state index contributed by atoms with van der Waals surface area (Å²) in [5.41, 5.74) is 0.338. The Kier molecular flexibility index (Phi) is 3.93. The van der Waals surface area contributed by atoms with E-state index < -0.39 is 11.6 Å². The van der Waals surface area contributed by atoms with Crippen molar-refractivity contribution in [1.82, 2.24) is 0 Å². The summed E-state index contributed by atoms with van der Waals surface area (Å²) in [5, 5.41) is 0. The van der Waals surface area contributed by atoms with Crippen LogP contribution in [0.5, 0.6) is 5.75 Å². The molecule has 17 heavy (non-hydrogen) atoms. The van der Waals surface area contributed by atoms with Crippen LogP contribution in [0.15, 0.2) is 42.5 Å². The van der Waals surface area contributed by atoms with Crippen LogP contribution in [-0.4, -0.2) is 0 Å². The van der Waals surface area contributed by atoms with Gasteiger partial charge in [0, 0.05) is 15.2 Å². The highest BCUT2D eigenvalue weighted by Crippen LogP contribution is 2.16. The van der Waals surface area contributed by atoms with Crippen molar-refractivity contribution in [2.75, 3.05) is 0 Å². The standard InChI is InChI=1S/C13H9F2IO/c14-10-2-1-9(13(15)7-10)8-17-12-5-3-11(16)4-6-12/h1-7H,8H2. The summed E-state index contributed by atoms with van der Waals surface area (Å²) in [6.07, 6.45) is 0. The Morgan fingerprint density at radius 1 is 1.00 bits per heavy atom. The quantitative estimate of drug-likeness (QED) is 0.759. The third-order valence-electron chi connectivity index (χ3n) is 2.22. The Bertz CT molecular complexity index is 511. The lowest BCUT2D eigenvalue weighted by atomic mass is 10.2. The van der Waals surface area contributed by atoms with Gasteiger partial charge in [-0.15, -0.1) is 0 Å². The molecule has 0 amide bonds. The largest absolute Gasteiger partial charge is 0.489 e. The van der Waals surface area contributed by atoms with Crippen LogP contribution in [0.4, 0.5) is 8.78 Å². The summed E-state index contributed by atoms with van der Waals surface area (Å²) < 4.78 is 32.5. The van der Waals surface area contributed by atoms with Gasteiger partial charge in [-0.05, 0) is 59.0 Å². The van der Waals surface area contributed by atoms with E-state index in [1.807, 2.05) is 24.3 Å². The lowest BCUT2D eigenvalue weighted by Crippen LogP contribution is -1.98. The summed E-state index contributed by atoms with van der Waals surface area (Å²) >= 11 is 2.19. The van der Waals surface area contributed by atoms with Crippen LogP contribution in [0.25, 0.3) is 0 Å². The minimum atomic E-state index is -0.587. The maximum absolute atomic E-state index is 13.3. The molecule has 0 N–H and O–H groups in total. The van der Waals surface area contributed by atoms with E-state index >= 15 is 0 Å². The summed E-state index contributed by atoms with van der Waals surface area (Å²) in [6.45, 7) is 0.0900. The minimum Gasteiger partial charge on any atom is -0.489 e. The predicted molar refractivity (Wildman–Crippen MR) is 69.8 cm³/mol. The molecule has 1 nitrogen and oxygen atoms in total. The van der Waals surface area contributed by atoms with Crippen molar-refractivity contribution in [3.05, 3.63) is 63.2 Å². The molecule has 4 heteroatoms. The Balaban J connectivity index is 2.04. The van der Waals surface area contributed by atoms with Gasteiger partial charge in [-0.1, -0.05) is 0 Å². The fourth-order valence-electron chi connectivity index (χ4n) is 1.33. The minimum absolute atomic E-state index is 0.0900. The van der Waals surface area contributed by atoms with Crippen LogP contribution in [0.1, 0.15) is 5.56 Å². The van der Waals surface area contributed by atoms with E-state index in [1.165, 1.54) is 12.1 Å². The summed E-state index contributed by atoms with van der Waals surface area (Å²) in [4.78, 5) is 0. The van der Waals surface area contributed by atoms with Crippen molar-refractivity contribution in [3.63, 3.8) is 0 Å². The SMILES string of the molecule is Fc1ccc(COc2ccc(I)cc2)c(F)c1. The maximum atomic E-state index is 13.3. The molecule has 0 atom stereocenters. The van der Waals surface area contributed by atoms with Crippen molar-refractivity contribution in [3.8, 4) is 5.75 Å². The smallest absolute Gasteiger partial charge is 0.132 e. The topological polar surface area (TPSA) is 9.23 Å². The van der Waals surface area contributed by atoms with E-state index in [4.69, 9.17) is 4.74 Å². The van der Waals surface area contributed by atoms with Gasteiger partial charge in [0.25, 0.3) is 0 Å². The first-order chi connectivity index (χ1) is 8.15. The molecule has 2 rings (SSSR count). The van der Waals surface area contributed by atoms with Crippen LogP contribution in [0, 0.1) is 15.2 Å². The van der Waals surface area contributed by atoms with E-state index in [-0.39, 0.29) is 6.61 Å². The van der Waals surface area contributed by atoms with Gasteiger partial charge in [-0.25, -0.2) is 8.78 Å². The normalized spacial score (nSPS) is 10.3. The average molecular weight is 346 g/mol. The third kappa shape index (κ3) is 3.39. The van der Waals surface area contributed by atoms with Crippen LogP contribution >= 0.6 is 22.6 Å². The molecule has 0 aliphatic heterocycles. The molecule has 2 aromatic rings. The van der Waals surface area contributed by atoms with E-state index in [2.05, 4.69) is 22.6 Å². The summed E-state index contributed by atoms with van der Waals surface area (Å²) in [7, 11) is 0. The Morgan fingerprint density at radius 3 is 2.35 bits per heavy atom. The molecule has 0 bridgehead atoms. The molecule has 0 unspecified atom stereocenters. The van der Waals surface area contributed by atoms with E-state index in [1.54, 1.807) is 0 Å². The lowest BCUT2D eigenvalue weighted by molar-refractivity contribution is 0.299. The van der Waals surface area contributed by atoms with Crippen molar-refractivity contribution >= 4 is 22.6 Å². The van der Waals surface area contributed by atoms with Gasteiger partial charge < -0.3 is 4.74 Å². The van der Waals surface area contributed by atoms with Crippen molar-refractivity contribution in [1.29, 1.82) is 0 Å². The zero-order valence-electron chi connectivity index (χ0n) is 8.79. The number of halogens is 3. The molecule has 0 saturated heterocycles. The summed E-state index contributed by atoms with van der Waals surface area (Å²) in [5.74, 6) is -0.509. The van der Waals surface area contributed by atoms with Crippen LogP contribution < -0.4 is 4.74 Å². The van der Waals surface area contributed by atoms with Gasteiger partial charge in [0.1, 0.15) is 24.0 Å². The zero-order chi connectivity index (χ0) is 12.3. The highest BCUT2D eigenvalue weighted by molar-refractivity contribution is 14.1. The molecule has 88 valence electrons. The van der Waals surface area contributed by atoms with Crippen molar-refractivity contribution in [2.24, 2.45) is 0 Å². The molecule has 0 fully saturated rings. The molecular weight excluding hydrogens is 337 g/mol. The summed E-state index contributed by atoms with van der Waals surface area (Å²) in [6, 6.07) is 10.9. The van der Waals surface area contributed by atoms with E-state index in [0.29, 0.717) is 11.3 Å². The third-order valence-corrected chi connectivity index (χ3v) is 2.94. The zero-order valence-corrected chi connectivity index (χ0v) is 10.9. The first kappa shape index (κ1) is 12.3. The molecule has 2 aromatic carbocycles. The molecule has 0 aromatic heterocycles. The fraction of sp³-hybridized carbons (Fsp3) is 0.0769. The van der Waals surface area contributed by atoms with Gasteiger partial charge >= 0.3 is 0 Å². The molecular formula is C13H9F2IO. The number of hydrogen-bond acceptors (Lipinski definition) is 1. The Labute approximate surface area is 112 Å². The van der Waals surface area contributed by atoms with Crippen molar-refractivity contribution in [2.45, 2.75) is 6.61 Å². The average Bonchev–Trinajstić information content (AvgIpc) is 2.30. The van der Waals surface area contributed by atoms with Crippen LogP contribution in [0.3, 0.4) is 0 Å². The number of rotatable bonds is 3. The monoisotopic (exact) mass is 346 g/mol. The number of benzene rings is 2. The highest BCUT2D eigenvalue weighted by atomic mass is 127. The molecule has 0 heterocycles. The molecule has 0 spiro atoms. The lowest BCUT2D eigenvalue weighted by Gasteiger charge is -2.07. The first-order valence-corrected chi connectivity index (χ1v) is 6.05. The second kappa shape index (κ2) is 5.44. The van der Waals surface area contributed by atoms with Gasteiger partial charge in [0.15, 0.2) is 0 Å². The van der Waals surface area contributed by atoms with E-state index in [0.717, 1.165) is 9.64 Å². The maximum Gasteiger partial charge on any atom is 0.132 e. The predicted octanol–water partition coefficient (Wildman–Crippen LogP) is 4.15. The van der Waals surface area contributed by atoms with Crippen molar-refractivity contribution < 1.29 is 13.5 Å². The second-order valence-corrected chi connectivity index (χ2v) is 4.72.